The van der Waals surface area contributed by atoms with E-state index in [1.165, 1.54) is 17.2 Å². The molecule has 0 saturated carbocycles. The van der Waals surface area contributed by atoms with E-state index >= 15 is 0 Å². The minimum atomic E-state index is -0.686. The number of halogens is 1. The number of imidazole rings is 1. The average molecular weight is 310 g/mol. The number of fused-ring (bicyclic) bond motifs is 2. The summed E-state index contributed by atoms with van der Waals surface area (Å²) < 4.78 is 13.6. The number of nitrogens with zero attached hydrogens (tertiary/aromatic N) is 1. The van der Waals surface area contributed by atoms with Crippen molar-refractivity contribution >= 4 is 16.9 Å². The van der Waals surface area contributed by atoms with Crippen molar-refractivity contribution in [1.29, 1.82) is 0 Å². The predicted molar refractivity (Wildman–Crippen MR) is 84.3 cm³/mol. The van der Waals surface area contributed by atoms with Gasteiger partial charge >= 0.3 is 0 Å². The van der Waals surface area contributed by atoms with Crippen molar-refractivity contribution in [3.05, 3.63) is 64.7 Å². The summed E-state index contributed by atoms with van der Waals surface area (Å²) >= 11 is 0. The topological polar surface area (TPSA) is 83.8 Å². The molecule has 0 spiro atoms. The van der Waals surface area contributed by atoms with Gasteiger partial charge in [-0.05, 0) is 29.7 Å². The second-order valence-electron chi connectivity index (χ2n) is 5.74. The van der Waals surface area contributed by atoms with Crippen LogP contribution < -0.4 is 11.1 Å². The van der Waals surface area contributed by atoms with Gasteiger partial charge < -0.3 is 16.0 Å². The number of hydrogen-bond acceptors (Lipinski definition) is 3. The van der Waals surface area contributed by atoms with Crippen LogP contribution in [0.1, 0.15) is 33.4 Å². The maximum Gasteiger partial charge on any atom is 0.251 e. The molecule has 4 rings (SSSR count). The Morgan fingerprint density at radius 1 is 1.26 bits per heavy atom. The number of primary amides is 1. The van der Waals surface area contributed by atoms with Gasteiger partial charge in [-0.15, -0.1) is 0 Å². The second kappa shape index (κ2) is 5.17. The number of benzene rings is 2. The van der Waals surface area contributed by atoms with Crippen molar-refractivity contribution < 1.29 is 9.18 Å². The first-order valence-corrected chi connectivity index (χ1v) is 7.41. The second-order valence-corrected chi connectivity index (χ2v) is 5.74. The number of H-pyrrole nitrogens is 1. The summed E-state index contributed by atoms with van der Waals surface area (Å²) in [5, 5.41) is 3.41. The smallest absolute Gasteiger partial charge is 0.251 e. The quantitative estimate of drug-likeness (QED) is 0.678. The molecule has 3 aromatic rings. The average Bonchev–Trinajstić information content (AvgIpc) is 2.97. The maximum atomic E-state index is 13.6. The molecule has 1 amide bonds. The number of aromatic amines is 1. The van der Waals surface area contributed by atoms with Gasteiger partial charge in [0.15, 0.2) is 0 Å². The summed E-state index contributed by atoms with van der Waals surface area (Å²) in [6.07, 6.45) is 0.782. The third kappa shape index (κ3) is 2.37. The molecule has 0 radical (unpaired) electrons. The summed E-state index contributed by atoms with van der Waals surface area (Å²) in [6, 6.07) is 10.7. The van der Waals surface area contributed by atoms with Crippen molar-refractivity contribution in [2.24, 2.45) is 5.73 Å². The Kier molecular flexibility index (Phi) is 3.12. The van der Waals surface area contributed by atoms with Gasteiger partial charge in [-0.3, -0.25) is 4.79 Å². The van der Waals surface area contributed by atoms with E-state index in [0.717, 1.165) is 19.0 Å². The van der Waals surface area contributed by atoms with Gasteiger partial charge in [0.05, 0.1) is 17.1 Å². The minimum absolute atomic E-state index is 0.0129. The SMILES string of the molecule is NC(=O)c1cc(F)cc2[nH]c(C3Cc4ccccc4CN3)nc12. The van der Waals surface area contributed by atoms with Crippen LogP contribution in [0.25, 0.3) is 11.0 Å². The van der Waals surface area contributed by atoms with Crippen LogP contribution in [0.15, 0.2) is 36.4 Å². The molecule has 4 N–H and O–H groups in total. The first-order chi connectivity index (χ1) is 11.1. The van der Waals surface area contributed by atoms with Crippen molar-refractivity contribution in [3.63, 3.8) is 0 Å². The zero-order chi connectivity index (χ0) is 16.0. The number of nitrogens with two attached hydrogens (primary N) is 1. The van der Waals surface area contributed by atoms with E-state index in [-0.39, 0.29) is 11.6 Å². The summed E-state index contributed by atoms with van der Waals surface area (Å²) in [7, 11) is 0. The Morgan fingerprint density at radius 3 is 2.83 bits per heavy atom. The molecule has 1 aromatic heterocycles. The van der Waals surface area contributed by atoms with Crippen molar-refractivity contribution in [2.45, 2.75) is 19.0 Å². The molecule has 1 atom stereocenters. The zero-order valence-corrected chi connectivity index (χ0v) is 12.3. The Balaban J connectivity index is 1.76. The van der Waals surface area contributed by atoms with Crippen LogP contribution in [0, 0.1) is 5.82 Å². The van der Waals surface area contributed by atoms with E-state index in [4.69, 9.17) is 5.73 Å². The van der Waals surface area contributed by atoms with Gasteiger partial charge in [-0.25, -0.2) is 9.37 Å². The fraction of sp³-hybridized carbons (Fsp3) is 0.176. The first kappa shape index (κ1) is 13.9. The summed E-state index contributed by atoms with van der Waals surface area (Å²) in [5.74, 6) is -0.513. The van der Waals surface area contributed by atoms with Gasteiger partial charge in [0, 0.05) is 6.54 Å². The van der Waals surface area contributed by atoms with E-state index in [2.05, 4.69) is 27.4 Å². The Labute approximate surface area is 131 Å². The van der Waals surface area contributed by atoms with Crippen LogP contribution in [-0.2, 0) is 13.0 Å². The van der Waals surface area contributed by atoms with Gasteiger partial charge in [0.25, 0.3) is 5.91 Å². The Bertz CT molecular complexity index is 918. The number of aromatic nitrogens is 2. The Morgan fingerprint density at radius 2 is 2.04 bits per heavy atom. The lowest BCUT2D eigenvalue weighted by Crippen LogP contribution is -2.29. The van der Waals surface area contributed by atoms with Crippen molar-refractivity contribution in [1.82, 2.24) is 15.3 Å². The predicted octanol–water partition coefficient (Wildman–Crippen LogP) is 2.19. The summed E-state index contributed by atoms with van der Waals surface area (Å²) in [5.41, 5.74) is 8.84. The minimum Gasteiger partial charge on any atom is -0.366 e. The molecule has 2 aromatic carbocycles. The van der Waals surface area contributed by atoms with Crippen molar-refractivity contribution in [3.8, 4) is 0 Å². The van der Waals surface area contributed by atoms with Gasteiger partial charge in [-0.1, -0.05) is 24.3 Å². The lowest BCUT2D eigenvalue weighted by atomic mass is 9.96. The van der Waals surface area contributed by atoms with E-state index in [9.17, 15) is 9.18 Å². The molecule has 116 valence electrons. The lowest BCUT2D eigenvalue weighted by Gasteiger charge is -2.24. The lowest BCUT2D eigenvalue weighted by molar-refractivity contribution is 0.100. The van der Waals surface area contributed by atoms with Crippen LogP contribution in [0.2, 0.25) is 0 Å². The molecule has 0 saturated heterocycles. The van der Waals surface area contributed by atoms with E-state index in [0.29, 0.717) is 16.9 Å². The summed E-state index contributed by atoms with van der Waals surface area (Å²) in [6.45, 7) is 0.745. The highest BCUT2D eigenvalue weighted by atomic mass is 19.1. The normalized spacial score (nSPS) is 17.2. The van der Waals surface area contributed by atoms with Crippen LogP contribution in [0.3, 0.4) is 0 Å². The fourth-order valence-electron chi connectivity index (χ4n) is 3.10. The van der Waals surface area contributed by atoms with E-state index in [1.54, 1.807) is 0 Å². The van der Waals surface area contributed by atoms with E-state index in [1.807, 2.05) is 12.1 Å². The molecule has 5 nitrogen and oxygen atoms in total. The highest BCUT2D eigenvalue weighted by Gasteiger charge is 2.23. The molecule has 2 heterocycles. The van der Waals surface area contributed by atoms with Gasteiger partial charge in [-0.2, -0.15) is 0 Å². The van der Waals surface area contributed by atoms with Crippen molar-refractivity contribution in [2.75, 3.05) is 0 Å². The third-order valence-electron chi connectivity index (χ3n) is 4.25. The van der Waals surface area contributed by atoms with Gasteiger partial charge in [0.2, 0.25) is 0 Å². The third-order valence-corrected chi connectivity index (χ3v) is 4.25. The molecule has 0 aliphatic carbocycles. The zero-order valence-electron chi connectivity index (χ0n) is 12.3. The number of carbonyl (C=O) groups excluding carboxylic acids is 1. The molecular weight excluding hydrogens is 295 g/mol. The molecule has 23 heavy (non-hydrogen) atoms. The highest BCUT2D eigenvalue weighted by Crippen LogP contribution is 2.27. The number of hydrogen-bond donors (Lipinski definition) is 3. The first-order valence-electron chi connectivity index (χ1n) is 7.41. The molecule has 0 fully saturated rings. The number of carbonyl (C=O) groups is 1. The number of rotatable bonds is 2. The van der Waals surface area contributed by atoms with Crippen LogP contribution in [-0.4, -0.2) is 15.9 Å². The largest absolute Gasteiger partial charge is 0.366 e. The molecule has 1 unspecified atom stereocenters. The monoisotopic (exact) mass is 310 g/mol. The number of nitrogens with one attached hydrogen (secondary N) is 2. The highest BCUT2D eigenvalue weighted by molar-refractivity contribution is 6.04. The van der Waals surface area contributed by atoms with Gasteiger partial charge in [0.1, 0.15) is 17.2 Å². The van der Waals surface area contributed by atoms with Crippen LogP contribution in [0.5, 0.6) is 0 Å². The molecule has 0 bridgehead atoms. The molecule has 1 aliphatic heterocycles. The van der Waals surface area contributed by atoms with Crippen LogP contribution >= 0.6 is 0 Å². The fourth-order valence-corrected chi connectivity index (χ4v) is 3.10. The molecule has 1 aliphatic rings. The number of amides is 1. The standard InChI is InChI=1S/C17H15FN4O/c18-11-6-12(16(19)23)15-13(7-11)21-17(22-15)14-5-9-3-1-2-4-10(9)8-20-14/h1-4,6-7,14,20H,5,8H2,(H2,19,23)(H,21,22). The van der Waals surface area contributed by atoms with E-state index < -0.39 is 11.7 Å². The van der Waals surface area contributed by atoms with Crippen LogP contribution in [0.4, 0.5) is 4.39 Å². The summed E-state index contributed by atoms with van der Waals surface area (Å²) in [4.78, 5) is 19.1. The Hall–Kier alpha value is -2.73. The molecule has 6 heteroatoms. The molecular formula is C17H15FN4O. The maximum absolute atomic E-state index is 13.6.